The molecule has 0 saturated heterocycles. The van der Waals surface area contributed by atoms with Crippen LogP contribution in [0.3, 0.4) is 0 Å². The number of ether oxygens (including phenoxy) is 10. The monoisotopic (exact) mass is 2330 g/mol. The third-order valence-electron chi connectivity index (χ3n) is 19.7. The smallest absolute Gasteiger partial charge is 0.870 e. The number of aryl methyl sites for hydroxylation is 8. The minimum atomic E-state index is -1.00. The van der Waals surface area contributed by atoms with Crippen molar-refractivity contribution in [2.75, 3.05) is 93.4 Å². The van der Waals surface area contributed by atoms with Gasteiger partial charge in [-0.25, -0.2) is 28.8 Å². The van der Waals surface area contributed by atoms with Crippen LogP contribution in [0.2, 0.25) is 35.2 Å². The number of fused-ring (bicyclic) bond motifs is 7. The Morgan fingerprint density at radius 1 is 0.515 bits per heavy atom. The van der Waals surface area contributed by atoms with Crippen molar-refractivity contribution in [3.8, 4) is 34.5 Å². The summed E-state index contributed by atoms with van der Waals surface area (Å²) in [6.45, 7) is 17.2. The van der Waals surface area contributed by atoms with Crippen LogP contribution in [0.5, 0.6) is 34.5 Å². The Morgan fingerprint density at radius 2 is 0.882 bits per heavy atom. The fraction of sp³-hybridized carbons (Fsp3) is 0.295. The maximum Gasteiger partial charge on any atom is 1.00 e. The third kappa shape index (κ3) is 31.7. The van der Waals surface area contributed by atoms with Gasteiger partial charge in [0.25, 0.3) is 0 Å². The fourth-order valence-electron chi connectivity index (χ4n) is 12.1. The van der Waals surface area contributed by atoms with E-state index in [2.05, 4.69) is 123 Å². The number of H-pyrrole nitrogens is 1. The van der Waals surface area contributed by atoms with Crippen molar-refractivity contribution >= 4 is 272 Å². The van der Waals surface area contributed by atoms with Crippen LogP contribution in [-0.2, 0) is 66.2 Å². The summed E-state index contributed by atoms with van der Waals surface area (Å²) in [7, 11) is 13.7. The third-order valence-corrected chi connectivity index (χ3v) is 24.7. The summed E-state index contributed by atoms with van der Waals surface area (Å²) >= 11 is 58.7. The Hall–Kier alpha value is -9.66. The number of esters is 6. The molecular weight excluding hydrogens is 2250 g/mol. The van der Waals surface area contributed by atoms with E-state index < -0.39 is 42.7 Å². The van der Waals surface area contributed by atoms with E-state index in [1.807, 2.05) is 92.8 Å². The molecule has 0 spiro atoms. The Labute approximate surface area is 871 Å². The minimum Gasteiger partial charge on any atom is -0.870 e. The molecule has 0 bridgehead atoms. The summed E-state index contributed by atoms with van der Waals surface area (Å²) in [4.78, 5) is 97.0. The maximum absolute atomic E-state index is 11.7. The van der Waals surface area contributed by atoms with E-state index in [9.17, 15) is 53.0 Å². The number of methoxy groups -OCH3 is 6. The number of carbonyl (C=O) groups is 8. The summed E-state index contributed by atoms with van der Waals surface area (Å²) in [5, 5.41) is 43.3. The molecule has 12 aromatic rings. The number of benzene rings is 7. The van der Waals surface area contributed by atoms with E-state index in [1.54, 1.807) is 71.2 Å². The van der Waals surface area contributed by atoms with E-state index in [4.69, 9.17) is 127 Å². The maximum atomic E-state index is 11.7. The van der Waals surface area contributed by atoms with Crippen LogP contribution in [0.4, 0.5) is 4.39 Å². The van der Waals surface area contributed by atoms with Gasteiger partial charge in [-0.3, -0.25) is 14.0 Å². The second kappa shape index (κ2) is 58.9. The number of aromatic hydroxyl groups is 2. The van der Waals surface area contributed by atoms with Crippen LogP contribution in [-0.4, -0.2) is 189 Å². The Bertz CT molecular complexity index is 6400. The van der Waals surface area contributed by atoms with Crippen LogP contribution >= 0.6 is 160 Å². The predicted molar refractivity (Wildman–Crippen MR) is 543 cm³/mol. The number of alkyl halides is 3. The molecule has 0 amide bonds. The van der Waals surface area contributed by atoms with Gasteiger partial charge in [0.1, 0.15) is 67.1 Å². The summed E-state index contributed by atoms with van der Waals surface area (Å²) in [6, 6.07) is 24.4. The van der Waals surface area contributed by atoms with E-state index in [0.29, 0.717) is 130 Å². The van der Waals surface area contributed by atoms with E-state index in [0.717, 1.165) is 94.2 Å². The molecule has 0 aliphatic carbocycles. The second-order valence-corrected chi connectivity index (χ2v) is 38.2. The molecule has 5 N–H and O–H groups in total. The number of azide groups is 2. The van der Waals surface area contributed by atoms with Gasteiger partial charge in [0.2, 0.25) is 0 Å². The molecule has 726 valence electrons. The first-order valence-corrected chi connectivity index (χ1v) is 46.1. The SMILES string of the molecule is BrB(Br)Br.BrCCBr.COC(=O)/C(=C/c1ccc(C)c(C)c1Cl)N=[N+]=[N-].COC(=O)CN=[N+]=[N-].COC(=O)c1cc2c(Cl)c(C)c(C)cc2[nH]1.COC(=O)c1cc2c(Cl)c(C)c(C)cc2n1C.COC(=O)c1cc2c(Cl)c(O)c(O)cc2n1C.COC(=O)c1cc2c(Cl)c3c(cc2n1C)OCCO3.Cc1ccc(C=O)c(Cl)c1C.Cn1c(C(=O)O)cc2c(Cl)c3c(cc21)OCCO3.[2H]CF.[Li+].[OH-]. The molecule has 5 aromatic heterocycles. The first-order chi connectivity index (χ1) is 63.7. The molecule has 2 aliphatic heterocycles. The van der Waals surface area contributed by atoms with Crippen molar-refractivity contribution in [1.82, 2.24) is 23.3 Å². The van der Waals surface area contributed by atoms with Gasteiger partial charge in [-0.1, -0.05) is 141 Å². The number of nitrogens with zero attached hydrogens (tertiary/aromatic N) is 10. The number of aromatic carboxylic acids is 1. The standard InChI is InChI=1S/C13H12ClNO4.C13H14ClNO2.C12H12ClN3O2.C12H10ClNO4.C12H12ClNO2.C11H10ClNO4.C9H9ClO.C3H5N3O2.C2H4Br2.CH3F.BBr3.Li.H2O/c1-15-8-6-10-12(19-4-3-18-10)11(14)7(8)5-9(15)13(16)17-2;1-7-5-10-9(12(14)8(7)2)6-11(15(10)3)13(16)17-4;1-7-4-5-9(11(13)8(7)2)6-10(15-16-14)12(17)18-3;1-14-7-5-9-11(18-3-2-17-9)10(13)6(7)4-8(14)12(15)16;1-6-4-9-8(11(13)7(6)2)5-10(14-9)12(15)16-3;1-13-6-4-8(14)10(15)9(12)5(6)3-7(13)11(16)17-2;1-6-3-4-8(5-11)9(10)7(6)2;1-8-3(7)2-5-6-4;3-1-2-4;1-2;2-1(3)4;;/h5-6H,3-4H2,1-2H3;5-6H,1-4H3;4-6H,1-3H3;4-5H,2-3H2,1H3,(H,15,16);4-5,14H,1-3H3;3-4,14-15H,1-2H3;3-5H,1-2H3;2H2,1H3;1-2H2;1H3;;;1H2/q;;;;;;;;;;;+1;/p-1/b;;10-6-;;;;;;;;;;/i;;;;;;;;;1D;;;. The average molecular weight is 2340 g/mol. The molecule has 0 fully saturated rings. The summed E-state index contributed by atoms with van der Waals surface area (Å²) in [6.07, 6.45) is 2.18. The zero-order chi connectivity index (χ0) is 102. The fourth-order valence-corrected chi connectivity index (χ4v) is 14.1. The molecule has 2 aliphatic rings. The van der Waals surface area contributed by atoms with Crippen LogP contribution < -0.4 is 37.8 Å². The Kier molecular flexibility index (Phi) is 52.2. The molecule has 7 aromatic carbocycles. The van der Waals surface area contributed by atoms with Crippen LogP contribution in [0, 0.1) is 55.4 Å². The number of carboxylic acids is 1. The van der Waals surface area contributed by atoms with Crippen molar-refractivity contribution in [2.24, 2.45) is 38.4 Å². The number of hydrogen-bond donors (Lipinski definition) is 4. The van der Waals surface area contributed by atoms with Gasteiger partial charge in [-0.2, -0.15) is 0 Å². The van der Waals surface area contributed by atoms with E-state index in [1.165, 1.54) is 71.5 Å². The van der Waals surface area contributed by atoms with Crippen LogP contribution in [0.15, 0.2) is 101 Å². The Balaban J connectivity index is 0.000000524. The minimum absolute atomic E-state index is 0. The van der Waals surface area contributed by atoms with Gasteiger partial charge in [0.15, 0.2) is 40.8 Å². The van der Waals surface area contributed by atoms with Crippen molar-refractivity contribution in [3.05, 3.63) is 231 Å². The molecule has 0 atom stereocenters. The van der Waals surface area contributed by atoms with Crippen molar-refractivity contribution in [1.29, 1.82) is 0 Å². The van der Waals surface area contributed by atoms with Gasteiger partial charge in [0.05, 0.1) is 108 Å². The summed E-state index contributed by atoms with van der Waals surface area (Å²) in [5.74, 6) is -2.46. The van der Waals surface area contributed by atoms with Crippen molar-refractivity contribution in [3.63, 3.8) is 0 Å². The first kappa shape index (κ1) is 121. The van der Waals surface area contributed by atoms with Gasteiger partial charge in [-0.05, 0) is 171 Å². The second-order valence-electron chi connectivity index (χ2n) is 27.5. The molecule has 0 saturated carbocycles. The topological polar surface area (TPSA) is 453 Å². The molecule has 0 radical (unpaired) electrons. The molecule has 0 unspecified atom stereocenters. The zero-order valence-corrected chi connectivity index (χ0v) is 89.7. The molecular formula is C88H92BBr5Cl7FLiN11O22. The number of aromatic nitrogens is 5. The van der Waals surface area contributed by atoms with Gasteiger partial charge >= 0.3 is 63.8 Å². The number of rotatable bonds is 12. The summed E-state index contributed by atoms with van der Waals surface area (Å²) in [5.41, 5.74) is 31.1. The normalized spacial score (nSPS) is 10.9. The molecule has 7 heterocycles. The Morgan fingerprint density at radius 3 is 1.28 bits per heavy atom. The largest absolute Gasteiger partial charge is 1.00 e. The number of carboxylic acid groups (broad SMARTS) is 1. The number of hydrogen-bond acceptors (Lipinski definition) is 23. The average Bonchev–Trinajstić information content (AvgIpc) is 2.48. The number of nitrogens with one attached hydrogen (secondary N) is 1. The van der Waals surface area contributed by atoms with Gasteiger partial charge < -0.3 is 91.4 Å². The van der Waals surface area contributed by atoms with Crippen molar-refractivity contribution in [2.45, 2.75) is 55.4 Å². The van der Waals surface area contributed by atoms with Gasteiger partial charge in [-0.15, -0.1) is 47.3 Å². The molecule has 136 heavy (non-hydrogen) atoms. The number of halogens is 13. The first-order valence-electron chi connectivity index (χ1n) is 39.2. The number of phenolic OH excluding ortho intramolecular Hbond substituents is 2. The van der Waals surface area contributed by atoms with Crippen LogP contribution in [0.1, 0.15) is 114 Å². The zero-order valence-electron chi connectivity index (χ0n) is 77.5. The van der Waals surface area contributed by atoms with Gasteiger partial charge in [0, 0.05) is 105 Å². The number of carbonyl (C=O) groups excluding carboxylic acids is 7. The molecule has 14 rings (SSSR count). The van der Waals surface area contributed by atoms with Crippen molar-refractivity contribution < 1.29 is 131 Å². The number of aromatic amines is 1. The molecule has 48 heteroatoms. The predicted octanol–water partition coefficient (Wildman–Crippen LogP) is 21.5. The van der Waals surface area contributed by atoms with E-state index >= 15 is 0 Å². The van der Waals surface area contributed by atoms with E-state index in [-0.39, 0.29) is 73.9 Å². The quantitative estimate of drug-likeness (QED) is 0.00843. The number of aldehydes is 1. The summed E-state index contributed by atoms with van der Waals surface area (Å²) < 4.78 is 71.8. The molecule has 33 nitrogen and oxygen atoms in total. The van der Waals surface area contributed by atoms with Crippen LogP contribution in [0.25, 0.3) is 81.5 Å². The number of phenols is 2.